The molecule has 180 valence electrons. The maximum atomic E-state index is 6.72. The van der Waals surface area contributed by atoms with Gasteiger partial charge < -0.3 is 19.5 Å². The highest BCUT2D eigenvalue weighted by molar-refractivity contribution is 6.35. The van der Waals surface area contributed by atoms with E-state index in [1.54, 1.807) is 20.3 Å². The highest BCUT2D eigenvalue weighted by Crippen LogP contribution is 2.44. The summed E-state index contributed by atoms with van der Waals surface area (Å²) in [4.78, 5) is 2.44. The molecule has 0 aliphatic carbocycles. The fourth-order valence-electron chi connectivity index (χ4n) is 4.37. The topological polar surface area (TPSA) is 43.0 Å². The first kappa shape index (κ1) is 24.7. The first-order chi connectivity index (χ1) is 16.6. The molecule has 0 spiro atoms. The fraction of sp³-hybridized carbons (Fsp3) is 0.333. The van der Waals surface area contributed by atoms with Crippen molar-refractivity contribution in [1.29, 1.82) is 0 Å². The zero-order valence-electron chi connectivity index (χ0n) is 19.5. The van der Waals surface area contributed by atoms with Crippen LogP contribution in [0.2, 0.25) is 10.0 Å². The molecule has 1 atom stereocenters. The first-order valence-electron chi connectivity index (χ1n) is 11.4. The third-order valence-corrected chi connectivity index (χ3v) is 6.58. The van der Waals surface area contributed by atoms with Gasteiger partial charge in [0.05, 0.1) is 20.3 Å². The maximum absolute atomic E-state index is 6.72. The predicted octanol–water partition coefficient (Wildman–Crippen LogP) is 5.97. The van der Waals surface area contributed by atoms with Crippen molar-refractivity contribution in [1.82, 2.24) is 10.2 Å². The van der Waals surface area contributed by atoms with Gasteiger partial charge in [-0.1, -0.05) is 59.6 Å². The van der Waals surface area contributed by atoms with Crippen LogP contribution >= 0.6 is 23.2 Å². The number of hydrogen-bond acceptors (Lipinski definition) is 5. The lowest BCUT2D eigenvalue weighted by molar-refractivity contribution is 0.237. The summed E-state index contributed by atoms with van der Waals surface area (Å²) in [7, 11) is 3.29. The Balaban J connectivity index is 1.75. The second-order valence-corrected chi connectivity index (χ2v) is 9.08. The van der Waals surface area contributed by atoms with Crippen LogP contribution in [0.1, 0.15) is 29.2 Å². The molecule has 1 heterocycles. The smallest absolute Gasteiger partial charge is 0.203 e. The van der Waals surface area contributed by atoms with E-state index in [1.165, 1.54) is 0 Å². The zero-order chi connectivity index (χ0) is 23.9. The van der Waals surface area contributed by atoms with E-state index in [2.05, 4.69) is 10.2 Å². The number of methoxy groups -OCH3 is 2. The molecule has 1 N–H and O–H groups in total. The van der Waals surface area contributed by atoms with E-state index in [1.807, 2.05) is 54.6 Å². The standard InChI is InChI=1S/C27H30Cl2N2O3/c1-32-24-15-20(16-25(33-2)27(24)34-18-19-7-4-3-5-8-19)26(31-13-6-11-30-12-14-31)22-10-9-21(28)17-23(22)29/h3-5,7-10,15-17,26,30H,6,11-14,18H2,1-2H3. The molecule has 0 amide bonds. The Kier molecular flexibility index (Phi) is 8.57. The molecule has 1 aliphatic heterocycles. The van der Waals surface area contributed by atoms with Crippen LogP contribution in [0.15, 0.2) is 60.7 Å². The van der Waals surface area contributed by atoms with Gasteiger partial charge in [0.15, 0.2) is 11.5 Å². The number of hydrogen-bond donors (Lipinski definition) is 1. The van der Waals surface area contributed by atoms with Crippen LogP contribution < -0.4 is 19.5 Å². The molecule has 0 radical (unpaired) electrons. The largest absolute Gasteiger partial charge is 0.493 e. The minimum absolute atomic E-state index is 0.0874. The molecular weight excluding hydrogens is 471 g/mol. The van der Waals surface area contributed by atoms with E-state index in [9.17, 15) is 0 Å². The van der Waals surface area contributed by atoms with Crippen LogP contribution in [0.4, 0.5) is 0 Å². The minimum atomic E-state index is -0.0874. The summed E-state index contributed by atoms with van der Waals surface area (Å²) in [6.07, 6.45) is 1.05. The molecule has 0 bridgehead atoms. The summed E-state index contributed by atoms with van der Waals surface area (Å²) >= 11 is 12.9. The molecule has 5 nitrogen and oxygen atoms in total. The number of benzene rings is 3. The second-order valence-electron chi connectivity index (χ2n) is 8.24. The predicted molar refractivity (Wildman–Crippen MR) is 138 cm³/mol. The summed E-state index contributed by atoms with van der Waals surface area (Å²) in [5.41, 5.74) is 3.08. The molecule has 0 saturated carbocycles. The Morgan fingerprint density at radius 2 is 1.65 bits per heavy atom. The van der Waals surface area contributed by atoms with Crippen molar-refractivity contribution in [2.45, 2.75) is 19.1 Å². The average Bonchev–Trinajstić information content (AvgIpc) is 3.14. The fourth-order valence-corrected chi connectivity index (χ4v) is 4.88. The van der Waals surface area contributed by atoms with Gasteiger partial charge in [-0.2, -0.15) is 0 Å². The van der Waals surface area contributed by atoms with Gasteiger partial charge in [-0.05, 0) is 53.9 Å². The van der Waals surface area contributed by atoms with Crippen LogP contribution in [-0.2, 0) is 6.61 Å². The van der Waals surface area contributed by atoms with Crippen LogP contribution in [0.3, 0.4) is 0 Å². The lowest BCUT2D eigenvalue weighted by Crippen LogP contribution is -2.33. The summed E-state index contributed by atoms with van der Waals surface area (Å²) in [6.45, 7) is 4.15. The molecule has 34 heavy (non-hydrogen) atoms. The van der Waals surface area contributed by atoms with E-state index in [-0.39, 0.29) is 6.04 Å². The van der Waals surface area contributed by atoms with Crippen molar-refractivity contribution in [3.05, 3.63) is 87.4 Å². The SMILES string of the molecule is COc1cc(C(c2ccc(Cl)cc2Cl)N2CCCNCC2)cc(OC)c1OCc1ccccc1. The molecular formula is C27H30Cl2N2O3. The lowest BCUT2D eigenvalue weighted by atomic mass is 9.95. The van der Waals surface area contributed by atoms with Gasteiger partial charge in [-0.25, -0.2) is 0 Å². The van der Waals surface area contributed by atoms with Gasteiger partial charge in [0.1, 0.15) is 6.61 Å². The first-order valence-corrected chi connectivity index (χ1v) is 12.2. The zero-order valence-corrected chi connectivity index (χ0v) is 21.0. The van der Waals surface area contributed by atoms with Crippen molar-refractivity contribution in [3.8, 4) is 17.2 Å². The number of ether oxygens (including phenoxy) is 3. The Morgan fingerprint density at radius 1 is 0.912 bits per heavy atom. The molecule has 4 rings (SSSR count). The Labute approximate surface area is 211 Å². The van der Waals surface area contributed by atoms with E-state index >= 15 is 0 Å². The molecule has 3 aromatic rings. The van der Waals surface area contributed by atoms with E-state index < -0.39 is 0 Å². The average molecular weight is 501 g/mol. The van der Waals surface area contributed by atoms with Gasteiger partial charge in [0, 0.05) is 29.7 Å². The van der Waals surface area contributed by atoms with Gasteiger partial charge >= 0.3 is 0 Å². The molecule has 7 heteroatoms. The quantitative estimate of drug-likeness (QED) is 0.412. The summed E-state index contributed by atoms with van der Waals surface area (Å²) in [5.74, 6) is 1.82. The summed E-state index contributed by atoms with van der Waals surface area (Å²) in [5, 5.41) is 4.73. The number of rotatable bonds is 8. The summed E-state index contributed by atoms with van der Waals surface area (Å²) in [6, 6.07) is 19.7. The van der Waals surface area contributed by atoms with Crippen LogP contribution in [-0.4, -0.2) is 45.3 Å². The van der Waals surface area contributed by atoms with Crippen molar-refractivity contribution in [2.24, 2.45) is 0 Å². The van der Waals surface area contributed by atoms with Crippen molar-refractivity contribution >= 4 is 23.2 Å². The van der Waals surface area contributed by atoms with Crippen molar-refractivity contribution in [2.75, 3.05) is 40.4 Å². The molecule has 1 fully saturated rings. The Morgan fingerprint density at radius 3 is 2.32 bits per heavy atom. The van der Waals surface area contributed by atoms with Crippen LogP contribution in [0.5, 0.6) is 17.2 Å². The molecule has 1 unspecified atom stereocenters. The Bertz CT molecular complexity index is 1060. The van der Waals surface area contributed by atoms with Crippen molar-refractivity contribution in [3.63, 3.8) is 0 Å². The van der Waals surface area contributed by atoms with Gasteiger partial charge in [0.25, 0.3) is 0 Å². The monoisotopic (exact) mass is 500 g/mol. The van der Waals surface area contributed by atoms with Crippen LogP contribution in [0.25, 0.3) is 0 Å². The molecule has 1 aliphatic rings. The lowest BCUT2D eigenvalue weighted by Gasteiger charge is -2.32. The van der Waals surface area contributed by atoms with Gasteiger partial charge in [-0.3, -0.25) is 4.90 Å². The maximum Gasteiger partial charge on any atom is 0.203 e. The number of nitrogens with zero attached hydrogens (tertiary/aromatic N) is 1. The number of halogens is 2. The minimum Gasteiger partial charge on any atom is -0.493 e. The Hall–Kier alpha value is -2.44. The molecule has 3 aromatic carbocycles. The third kappa shape index (κ3) is 5.78. The number of nitrogens with one attached hydrogen (secondary N) is 1. The molecule has 1 saturated heterocycles. The van der Waals surface area contributed by atoms with E-state index in [0.29, 0.717) is 33.9 Å². The highest BCUT2D eigenvalue weighted by Gasteiger charge is 2.28. The normalized spacial score (nSPS) is 15.4. The van der Waals surface area contributed by atoms with Gasteiger partial charge in [-0.15, -0.1) is 0 Å². The summed E-state index contributed by atoms with van der Waals surface area (Å²) < 4.78 is 17.7. The molecule has 0 aromatic heterocycles. The third-order valence-electron chi connectivity index (χ3n) is 6.02. The van der Waals surface area contributed by atoms with Gasteiger partial charge in [0.2, 0.25) is 5.75 Å². The van der Waals surface area contributed by atoms with Crippen molar-refractivity contribution < 1.29 is 14.2 Å². The van der Waals surface area contributed by atoms with E-state index in [0.717, 1.165) is 49.3 Å². The highest BCUT2D eigenvalue weighted by atomic mass is 35.5. The second kappa shape index (κ2) is 11.8. The van der Waals surface area contributed by atoms with E-state index in [4.69, 9.17) is 37.4 Å². The van der Waals surface area contributed by atoms with Crippen LogP contribution in [0, 0.1) is 0 Å².